The van der Waals surface area contributed by atoms with E-state index in [4.69, 9.17) is 9.15 Å². The van der Waals surface area contributed by atoms with E-state index in [1.165, 1.54) is 0 Å². The average molecular weight is 458 g/mol. The SMILES string of the molecule is CCCCCOC(=O)c1c(C)oc2ccc(NS(=O)(=O)c3ccc(C(C)(C)C)cc3)cc12. The number of furan rings is 1. The van der Waals surface area contributed by atoms with E-state index in [2.05, 4.69) is 32.4 Å². The van der Waals surface area contributed by atoms with Gasteiger partial charge in [0.2, 0.25) is 0 Å². The molecule has 0 amide bonds. The summed E-state index contributed by atoms with van der Waals surface area (Å²) < 4.78 is 39.5. The minimum absolute atomic E-state index is 0.0680. The molecule has 32 heavy (non-hydrogen) atoms. The number of unbranched alkanes of at least 4 members (excludes halogenated alkanes) is 2. The Morgan fingerprint density at radius 3 is 2.38 bits per heavy atom. The van der Waals surface area contributed by atoms with Crippen molar-refractivity contribution in [2.45, 2.75) is 64.2 Å². The van der Waals surface area contributed by atoms with Gasteiger partial charge in [-0.25, -0.2) is 13.2 Å². The van der Waals surface area contributed by atoms with Gasteiger partial charge in [0.25, 0.3) is 10.0 Å². The van der Waals surface area contributed by atoms with Crippen molar-refractivity contribution in [2.75, 3.05) is 11.3 Å². The Morgan fingerprint density at radius 2 is 1.75 bits per heavy atom. The van der Waals surface area contributed by atoms with Crippen LogP contribution in [0.15, 0.2) is 51.8 Å². The summed E-state index contributed by atoms with van der Waals surface area (Å²) >= 11 is 0. The molecule has 3 rings (SSSR count). The normalized spacial score (nSPS) is 12.2. The van der Waals surface area contributed by atoms with Gasteiger partial charge in [-0.1, -0.05) is 52.7 Å². The molecular weight excluding hydrogens is 426 g/mol. The summed E-state index contributed by atoms with van der Waals surface area (Å²) in [6, 6.07) is 11.7. The summed E-state index contributed by atoms with van der Waals surface area (Å²) in [5.74, 6) is -0.0200. The fourth-order valence-electron chi connectivity index (χ4n) is 3.47. The van der Waals surface area contributed by atoms with Crippen molar-refractivity contribution in [1.82, 2.24) is 0 Å². The fourth-order valence-corrected chi connectivity index (χ4v) is 4.52. The minimum Gasteiger partial charge on any atom is -0.462 e. The number of anilines is 1. The second-order valence-corrected chi connectivity index (χ2v) is 10.6. The zero-order chi connectivity index (χ0) is 23.5. The van der Waals surface area contributed by atoms with Crippen LogP contribution in [0.25, 0.3) is 11.0 Å². The van der Waals surface area contributed by atoms with Crippen LogP contribution in [0.4, 0.5) is 5.69 Å². The number of ether oxygens (including phenoxy) is 1. The van der Waals surface area contributed by atoms with Gasteiger partial charge in [-0.2, -0.15) is 0 Å². The quantitative estimate of drug-likeness (QED) is 0.322. The molecule has 0 saturated heterocycles. The van der Waals surface area contributed by atoms with Crippen LogP contribution in [0.2, 0.25) is 0 Å². The van der Waals surface area contributed by atoms with Gasteiger partial charge in [0.15, 0.2) is 0 Å². The van der Waals surface area contributed by atoms with Gasteiger partial charge in [0, 0.05) is 11.1 Å². The van der Waals surface area contributed by atoms with E-state index in [9.17, 15) is 13.2 Å². The van der Waals surface area contributed by atoms with Crippen LogP contribution >= 0.6 is 0 Å². The fraction of sp³-hybridized carbons (Fsp3) is 0.400. The smallest absolute Gasteiger partial charge is 0.342 e. The lowest BCUT2D eigenvalue weighted by Crippen LogP contribution is -2.15. The number of fused-ring (bicyclic) bond motifs is 1. The van der Waals surface area contributed by atoms with Crippen LogP contribution in [0.1, 0.15) is 68.6 Å². The first kappa shape index (κ1) is 23.9. The number of carbonyl (C=O) groups is 1. The second kappa shape index (κ2) is 9.36. The first-order valence-electron chi connectivity index (χ1n) is 10.9. The molecule has 0 aliphatic carbocycles. The predicted molar refractivity (Wildman–Crippen MR) is 127 cm³/mol. The Bertz CT molecular complexity index is 1200. The van der Waals surface area contributed by atoms with E-state index >= 15 is 0 Å². The van der Waals surface area contributed by atoms with E-state index in [0.717, 1.165) is 24.8 Å². The summed E-state index contributed by atoms with van der Waals surface area (Å²) in [5, 5.41) is 0.520. The molecule has 172 valence electrons. The maximum atomic E-state index is 12.9. The number of esters is 1. The molecule has 1 heterocycles. The number of aryl methyl sites for hydroxylation is 1. The molecule has 0 saturated carbocycles. The summed E-state index contributed by atoms with van der Waals surface area (Å²) in [6.45, 7) is 10.3. The van der Waals surface area contributed by atoms with Crippen LogP contribution < -0.4 is 4.72 Å². The number of hydrogen-bond donors (Lipinski definition) is 1. The predicted octanol–water partition coefficient (Wildman–Crippen LogP) is 6.19. The number of hydrogen-bond acceptors (Lipinski definition) is 5. The van der Waals surface area contributed by atoms with Crippen molar-refractivity contribution < 1.29 is 22.4 Å². The van der Waals surface area contributed by atoms with Crippen molar-refractivity contribution in [2.24, 2.45) is 0 Å². The molecule has 6 nitrogen and oxygen atoms in total. The molecule has 3 aromatic rings. The Morgan fingerprint density at radius 1 is 1.06 bits per heavy atom. The van der Waals surface area contributed by atoms with Crippen molar-refractivity contribution in [3.63, 3.8) is 0 Å². The molecular formula is C25H31NO5S. The summed E-state index contributed by atoms with van der Waals surface area (Å²) in [7, 11) is -3.79. The third-order valence-electron chi connectivity index (χ3n) is 5.33. The third-order valence-corrected chi connectivity index (χ3v) is 6.73. The van der Waals surface area contributed by atoms with Gasteiger partial charge in [0.1, 0.15) is 16.9 Å². The Labute approximate surface area is 190 Å². The lowest BCUT2D eigenvalue weighted by Gasteiger charge is -2.19. The molecule has 1 aromatic heterocycles. The summed E-state index contributed by atoms with van der Waals surface area (Å²) in [6.07, 6.45) is 2.82. The Hall–Kier alpha value is -2.80. The summed E-state index contributed by atoms with van der Waals surface area (Å²) in [4.78, 5) is 12.8. The van der Waals surface area contributed by atoms with Crippen molar-refractivity contribution >= 4 is 32.6 Å². The van der Waals surface area contributed by atoms with E-state index < -0.39 is 16.0 Å². The lowest BCUT2D eigenvalue weighted by atomic mass is 9.87. The van der Waals surface area contributed by atoms with Gasteiger partial charge in [-0.15, -0.1) is 0 Å². The van der Waals surface area contributed by atoms with Crippen LogP contribution in [-0.2, 0) is 20.2 Å². The zero-order valence-electron chi connectivity index (χ0n) is 19.3. The van der Waals surface area contributed by atoms with Crippen LogP contribution in [0, 0.1) is 6.92 Å². The van der Waals surface area contributed by atoms with Crippen molar-refractivity contribution in [1.29, 1.82) is 0 Å². The zero-order valence-corrected chi connectivity index (χ0v) is 20.1. The maximum absolute atomic E-state index is 12.9. The Kier molecular flexibility index (Phi) is 6.98. The summed E-state index contributed by atoms with van der Waals surface area (Å²) in [5.41, 5.74) is 2.15. The lowest BCUT2D eigenvalue weighted by molar-refractivity contribution is 0.0498. The number of benzene rings is 2. The molecule has 0 unspecified atom stereocenters. The highest BCUT2D eigenvalue weighted by atomic mass is 32.2. The first-order valence-corrected chi connectivity index (χ1v) is 12.3. The van der Waals surface area contributed by atoms with Crippen LogP contribution in [-0.4, -0.2) is 21.0 Å². The highest BCUT2D eigenvalue weighted by Crippen LogP contribution is 2.30. The number of rotatable bonds is 8. The third kappa shape index (κ3) is 5.33. The number of sulfonamides is 1. The van der Waals surface area contributed by atoms with Crippen LogP contribution in [0.3, 0.4) is 0 Å². The monoisotopic (exact) mass is 457 g/mol. The molecule has 0 spiro atoms. The molecule has 7 heteroatoms. The number of nitrogens with one attached hydrogen (secondary N) is 1. The van der Waals surface area contributed by atoms with Crippen molar-refractivity contribution in [3.05, 3.63) is 59.4 Å². The highest BCUT2D eigenvalue weighted by Gasteiger charge is 2.22. The minimum atomic E-state index is -3.79. The van der Waals surface area contributed by atoms with Gasteiger partial charge in [-0.3, -0.25) is 4.72 Å². The molecule has 2 aromatic carbocycles. The number of carbonyl (C=O) groups excluding carboxylic acids is 1. The van der Waals surface area contributed by atoms with E-state index in [1.54, 1.807) is 37.3 Å². The topological polar surface area (TPSA) is 85.6 Å². The molecule has 0 radical (unpaired) electrons. The molecule has 0 atom stereocenters. The second-order valence-electron chi connectivity index (χ2n) is 8.97. The van der Waals surface area contributed by atoms with Gasteiger partial charge < -0.3 is 9.15 Å². The Balaban J connectivity index is 1.85. The first-order chi connectivity index (χ1) is 15.0. The van der Waals surface area contributed by atoms with E-state index in [1.807, 2.05) is 12.1 Å². The van der Waals surface area contributed by atoms with E-state index in [-0.39, 0.29) is 10.3 Å². The molecule has 0 bridgehead atoms. The van der Waals surface area contributed by atoms with Gasteiger partial charge in [0.05, 0.1) is 11.5 Å². The van der Waals surface area contributed by atoms with E-state index in [0.29, 0.717) is 34.6 Å². The van der Waals surface area contributed by atoms with Gasteiger partial charge >= 0.3 is 5.97 Å². The molecule has 0 aliphatic rings. The molecule has 0 aliphatic heterocycles. The molecule has 0 fully saturated rings. The molecule has 1 N–H and O–H groups in total. The van der Waals surface area contributed by atoms with Crippen LogP contribution in [0.5, 0.6) is 0 Å². The van der Waals surface area contributed by atoms with Crippen molar-refractivity contribution in [3.8, 4) is 0 Å². The average Bonchev–Trinajstić information content (AvgIpc) is 3.05. The standard InChI is InChI=1S/C25H31NO5S/c1-6-7-8-15-30-24(27)23-17(2)31-22-14-11-19(16-21(22)23)26-32(28,29)20-12-9-18(10-13-20)25(3,4)5/h9-14,16,26H,6-8,15H2,1-5H3. The van der Waals surface area contributed by atoms with Gasteiger partial charge in [-0.05, 0) is 54.7 Å². The largest absolute Gasteiger partial charge is 0.462 e. The highest BCUT2D eigenvalue weighted by molar-refractivity contribution is 7.92. The maximum Gasteiger partial charge on any atom is 0.342 e.